The molecule has 0 spiro atoms. The number of quaternary nitrogens is 1. The van der Waals surface area contributed by atoms with E-state index in [4.69, 9.17) is 0 Å². The highest BCUT2D eigenvalue weighted by molar-refractivity contribution is 9.10. The smallest absolute Gasteiger partial charge is 0.132 e. The van der Waals surface area contributed by atoms with Crippen molar-refractivity contribution in [3.8, 4) is 0 Å². The van der Waals surface area contributed by atoms with Crippen LogP contribution in [0.3, 0.4) is 0 Å². The van der Waals surface area contributed by atoms with Crippen LogP contribution in [0.25, 0.3) is 0 Å². The summed E-state index contributed by atoms with van der Waals surface area (Å²) in [4.78, 5) is 10.3. The summed E-state index contributed by atoms with van der Waals surface area (Å²) in [5.41, 5.74) is 3.85. The number of halogens is 2. The molecule has 5 heteroatoms. The second-order valence-corrected chi connectivity index (χ2v) is 3.85. The van der Waals surface area contributed by atoms with Gasteiger partial charge in [0.1, 0.15) is 11.9 Å². The van der Waals surface area contributed by atoms with E-state index in [0.717, 1.165) is 0 Å². The number of carboxylic acids is 1. The Morgan fingerprint density at radius 1 is 1.64 bits per heavy atom. The van der Waals surface area contributed by atoms with Crippen molar-refractivity contribution < 1.29 is 20.0 Å². The Hall–Kier alpha value is -0.940. The zero-order chi connectivity index (χ0) is 10.7. The molecule has 3 N–H and O–H groups in total. The van der Waals surface area contributed by atoms with E-state index in [1.807, 2.05) is 0 Å². The number of hydrogen-bond acceptors (Lipinski definition) is 2. The van der Waals surface area contributed by atoms with E-state index in [2.05, 4.69) is 21.7 Å². The summed E-state index contributed by atoms with van der Waals surface area (Å²) in [5.74, 6) is -1.68. The highest BCUT2D eigenvalue weighted by atomic mass is 79.9. The number of carboxylic acid groups (broad SMARTS) is 1. The first-order chi connectivity index (χ1) is 6.50. The molecule has 14 heavy (non-hydrogen) atoms. The second-order valence-electron chi connectivity index (χ2n) is 2.94. The van der Waals surface area contributed by atoms with E-state index in [9.17, 15) is 14.3 Å². The molecular weight excluding hydrogens is 253 g/mol. The maximum atomic E-state index is 13.2. The van der Waals surface area contributed by atoms with Crippen LogP contribution in [0.15, 0.2) is 22.7 Å². The van der Waals surface area contributed by atoms with Crippen molar-refractivity contribution in [1.82, 2.24) is 0 Å². The fraction of sp³-hybridized carbons (Fsp3) is 0.222. The number of carbonyl (C=O) groups excluding carboxylic acids is 1. The molecule has 0 bridgehead atoms. The first kappa shape index (κ1) is 11.1. The van der Waals surface area contributed by atoms with E-state index >= 15 is 0 Å². The predicted molar refractivity (Wildman–Crippen MR) is 49.4 cm³/mol. The van der Waals surface area contributed by atoms with Gasteiger partial charge in [0.05, 0.1) is 0 Å². The molecular formula is C9H9BrFNO2. The zero-order valence-corrected chi connectivity index (χ0v) is 8.88. The molecule has 0 saturated heterocycles. The number of carbonyl (C=O) groups is 1. The SMILES string of the molecule is [NH3+][C@H](CC(=O)[O-])c1cc(Br)ccc1F. The molecule has 3 nitrogen and oxygen atoms in total. The molecule has 76 valence electrons. The van der Waals surface area contributed by atoms with Gasteiger partial charge in [-0.25, -0.2) is 4.39 Å². The number of rotatable bonds is 3. The molecule has 0 heterocycles. The lowest BCUT2D eigenvalue weighted by atomic mass is 10.0. The molecule has 0 aromatic heterocycles. The van der Waals surface area contributed by atoms with Crippen LogP contribution >= 0.6 is 15.9 Å². The first-order valence-corrected chi connectivity index (χ1v) is 4.78. The van der Waals surface area contributed by atoms with Crippen LogP contribution in [0.4, 0.5) is 4.39 Å². The third-order valence-corrected chi connectivity index (χ3v) is 2.30. The Morgan fingerprint density at radius 3 is 2.86 bits per heavy atom. The predicted octanol–water partition coefficient (Wildman–Crippen LogP) is 0.0112. The molecule has 0 saturated carbocycles. The molecule has 0 aliphatic heterocycles. The van der Waals surface area contributed by atoms with Gasteiger partial charge in [-0.1, -0.05) is 15.9 Å². The van der Waals surface area contributed by atoms with Gasteiger partial charge in [0.15, 0.2) is 0 Å². The Bertz CT molecular complexity index is 357. The van der Waals surface area contributed by atoms with Gasteiger partial charge in [-0.15, -0.1) is 0 Å². The van der Waals surface area contributed by atoms with Crippen LogP contribution in [0.5, 0.6) is 0 Å². The summed E-state index contributed by atoms with van der Waals surface area (Å²) in [7, 11) is 0. The molecule has 0 fully saturated rings. The summed E-state index contributed by atoms with van der Waals surface area (Å²) in [5, 5.41) is 10.3. The van der Waals surface area contributed by atoms with Crippen LogP contribution < -0.4 is 10.8 Å². The number of benzene rings is 1. The maximum absolute atomic E-state index is 13.2. The summed E-state index contributed by atoms with van der Waals surface area (Å²) in [6, 6.07) is 3.71. The van der Waals surface area contributed by atoms with Crippen LogP contribution in [0, 0.1) is 5.82 Å². The zero-order valence-electron chi connectivity index (χ0n) is 7.30. The third-order valence-electron chi connectivity index (χ3n) is 1.81. The van der Waals surface area contributed by atoms with E-state index in [1.165, 1.54) is 12.1 Å². The van der Waals surface area contributed by atoms with Crippen LogP contribution in [-0.2, 0) is 4.79 Å². The lowest BCUT2D eigenvalue weighted by molar-refractivity contribution is -0.431. The van der Waals surface area contributed by atoms with E-state index < -0.39 is 17.8 Å². The molecule has 0 radical (unpaired) electrons. The Morgan fingerprint density at radius 2 is 2.29 bits per heavy atom. The van der Waals surface area contributed by atoms with Crippen molar-refractivity contribution in [3.63, 3.8) is 0 Å². The largest absolute Gasteiger partial charge is 0.550 e. The van der Waals surface area contributed by atoms with Crippen molar-refractivity contribution in [3.05, 3.63) is 34.1 Å². The molecule has 1 rings (SSSR count). The average Bonchev–Trinajstić information content (AvgIpc) is 2.08. The van der Waals surface area contributed by atoms with E-state index in [1.54, 1.807) is 6.07 Å². The Labute approximate surface area is 88.9 Å². The quantitative estimate of drug-likeness (QED) is 0.833. The minimum atomic E-state index is -1.23. The van der Waals surface area contributed by atoms with Crippen molar-refractivity contribution in [2.45, 2.75) is 12.5 Å². The average molecular weight is 262 g/mol. The molecule has 0 aliphatic rings. The lowest BCUT2D eigenvalue weighted by Crippen LogP contribution is -2.55. The molecule has 1 aromatic carbocycles. The van der Waals surface area contributed by atoms with Crippen LogP contribution in [0.2, 0.25) is 0 Å². The van der Waals surface area contributed by atoms with Gasteiger partial charge in [0, 0.05) is 22.4 Å². The lowest BCUT2D eigenvalue weighted by Gasteiger charge is -2.10. The molecule has 1 aromatic rings. The molecule has 0 amide bonds. The minimum absolute atomic E-state index is 0.281. The first-order valence-electron chi connectivity index (χ1n) is 3.98. The minimum Gasteiger partial charge on any atom is -0.550 e. The monoisotopic (exact) mass is 261 g/mol. The third kappa shape index (κ3) is 2.78. The van der Waals surface area contributed by atoms with Gasteiger partial charge in [0.25, 0.3) is 0 Å². The van der Waals surface area contributed by atoms with Gasteiger partial charge in [-0.3, -0.25) is 0 Å². The summed E-state index contributed by atoms with van der Waals surface area (Å²) in [6.45, 7) is 0. The van der Waals surface area contributed by atoms with Gasteiger partial charge < -0.3 is 15.6 Å². The molecule has 0 aliphatic carbocycles. The van der Waals surface area contributed by atoms with Gasteiger partial charge in [0.2, 0.25) is 0 Å². The van der Waals surface area contributed by atoms with E-state index in [-0.39, 0.29) is 12.0 Å². The topological polar surface area (TPSA) is 67.8 Å². The Balaban J connectivity index is 2.93. The summed E-state index contributed by atoms with van der Waals surface area (Å²) < 4.78 is 13.9. The van der Waals surface area contributed by atoms with Gasteiger partial charge >= 0.3 is 0 Å². The standard InChI is InChI=1S/C9H9BrFNO2/c10-5-1-2-7(11)6(3-5)8(12)4-9(13)14/h1-3,8H,4,12H2,(H,13,14)/t8-/m1/s1. The van der Waals surface area contributed by atoms with Crippen molar-refractivity contribution in [2.24, 2.45) is 0 Å². The fourth-order valence-electron chi connectivity index (χ4n) is 1.14. The van der Waals surface area contributed by atoms with Gasteiger partial charge in [-0.2, -0.15) is 0 Å². The number of hydrogen-bond donors (Lipinski definition) is 1. The molecule has 0 unspecified atom stereocenters. The van der Waals surface area contributed by atoms with Crippen molar-refractivity contribution >= 4 is 21.9 Å². The summed E-state index contributed by atoms with van der Waals surface area (Å²) in [6.07, 6.45) is -0.284. The van der Waals surface area contributed by atoms with Gasteiger partial charge in [-0.05, 0) is 18.2 Å². The highest BCUT2D eigenvalue weighted by Crippen LogP contribution is 2.20. The van der Waals surface area contributed by atoms with Crippen molar-refractivity contribution in [2.75, 3.05) is 0 Å². The highest BCUT2D eigenvalue weighted by Gasteiger charge is 2.15. The van der Waals surface area contributed by atoms with E-state index in [0.29, 0.717) is 4.47 Å². The summed E-state index contributed by atoms with van der Waals surface area (Å²) >= 11 is 3.17. The maximum Gasteiger partial charge on any atom is 0.132 e. The molecule has 1 atom stereocenters. The normalized spacial score (nSPS) is 12.5. The van der Waals surface area contributed by atoms with Crippen molar-refractivity contribution in [1.29, 1.82) is 0 Å². The number of aliphatic carboxylic acids is 1. The second kappa shape index (κ2) is 4.52. The Kier molecular flexibility index (Phi) is 3.60. The van der Waals surface area contributed by atoms with Crippen LogP contribution in [0.1, 0.15) is 18.0 Å². The van der Waals surface area contributed by atoms with Crippen LogP contribution in [-0.4, -0.2) is 5.97 Å². The fourth-order valence-corrected chi connectivity index (χ4v) is 1.52.